The first-order valence-electron chi connectivity index (χ1n) is 14.8. The molecular formula is C32H39ClN2O6S. The third-order valence-electron chi connectivity index (χ3n) is 9.82. The fourth-order valence-corrected chi connectivity index (χ4v) is 8.40. The van der Waals surface area contributed by atoms with Crippen LogP contribution in [0, 0.1) is 11.8 Å². The van der Waals surface area contributed by atoms with Gasteiger partial charge in [0.05, 0.1) is 29.8 Å². The number of methoxy groups -OCH3 is 1. The minimum absolute atomic E-state index is 0.0697. The molecule has 1 saturated carbocycles. The Kier molecular flexibility index (Phi) is 8.06. The van der Waals surface area contributed by atoms with Crippen LogP contribution in [0.3, 0.4) is 0 Å². The molecule has 0 unspecified atom stereocenters. The van der Waals surface area contributed by atoms with Crippen molar-refractivity contribution in [2.24, 2.45) is 11.8 Å². The van der Waals surface area contributed by atoms with Crippen LogP contribution >= 0.6 is 11.6 Å². The van der Waals surface area contributed by atoms with Crippen LogP contribution in [0.4, 0.5) is 5.69 Å². The Balaban J connectivity index is 1.42. The quantitative estimate of drug-likeness (QED) is 0.452. The summed E-state index contributed by atoms with van der Waals surface area (Å²) in [6.07, 6.45) is 7.30. The summed E-state index contributed by atoms with van der Waals surface area (Å²) in [5.41, 5.74) is 3.24. The van der Waals surface area contributed by atoms with Crippen LogP contribution < -0.4 is 14.4 Å². The van der Waals surface area contributed by atoms with Crippen LogP contribution in [0.1, 0.15) is 60.5 Å². The molecule has 2 aromatic rings. The third kappa shape index (κ3) is 5.56. The highest BCUT2D eigenvalue weighted by Crippen LogP contribution is 2.46. The van der Waals surface area contributed by atoms with Gasteiger partial charge in [0, 0.05) is 36.2 Å². The number of amides is 1. The van der Waals surface area contributed by atoms with Crippen LogP contribution in [-0.4, -0.2) is 63.7 Å². The summed E-state index contributed by atoms with van der Waals surface area (Å²) >= 11 is 6.38. The first-order chi connectivity index (χ1) is 20.1. The van der Waals surface area contributed by atoms with E-state index < -0.39 is 33.4 Å². The molecule has 0 radical (unpaired) electrons. The van der Waals surface area contributed by atoms with Gasteiger partial charge in [-0.15, -0.1) is 0 Å². The molecule has 226 valence electrons. The Labute approximate surface area is 253 Å². The smallest absolute Gasteiger partial charge is 0.264 e. The van der Waals surface area contributed by atoms with E-state index in [2.05, 4.69) is 21.8 Å². The van der Waals surface area contributed by atoms with E-state index in [0.29, 0.717) is 25.4 Å². The summed E-state index contributed by atoms with van der Waals surface area (Å²) in [4.78, 5) is 15.6. The monoisotopic (exact) mass is 614 g/mol. The standard InChI is InChI=1S/C32H39ClN2O6S/c1-20-14-25(40-2)8-11-29(36)26-9-5-23(26)17-35-18-32(13-3-4-21-15-24(33)7-10-27(21)32)19-41-30-12-6-22(16-28(30)35)31(37)34-42(20,38)39/h6-8,10-12,15-16,20,23,25-26,29,36H,3-5,9,13-14,17-19H2,1-2H3,(H,34,37)/b11-8+/t20-,23-,25+,26+,29-,32-/m0/s1. The number of carbonyl (C=O) groups is 1. The highest BCUT2D eigenvalue weighted by atomic mass is 35.5. The first-order valence-corrected chi connectivity index (χ1v) is 16.8. The number of halogens is 1. The molecule has 0 saturated heterocycles. The van der Waals surface area contributed by atoms with Gasteiger partial charge in [-0.25, -0.2) is 13.1 Å². The predicted molar refractivity (Wildman–Crippen MR) is 163 cm³/mol. The molecule has 0 aromatic heterocycles. The van der Waals surface area contributed by atoms with Gasteiger partial charge in [-0.3, -0.25) is 4.79 Å². The van der Waals surface area contributed by atoms with Gasteiger partial charge in [0.25, 0.3) is 5.91 Å². The normalized spacial score (nSPS) is 33.3. The van der Waals surface area contributed by atoms with Gasteiger partial charge in [-0.05, 0) is 98.7 Å². The largest absolute Gasteiger partial charge is 0.490 e. The molecule has 2 aliphatic carbocycles. The molecule has 1 fully saturated rings. The summed E-state index contributed by atoms with van der Waals surface area (Å²) in [7, 11) is -2.47. The van der Waals surface area contributed by atoms with Crippen LogP contribution in [0.2, 0.25) is 5.02 Å². The van der Waals surface area contributed by atoms with E-state index >= 15 is 0 Å². The van der Waals surface area contributed by atoms with Crippen molar-refractivity contribution in [3.63, 3.8) is 0 Å². The van der Waals surface area contributed by atoms with Crippen LogP contribution in [0.5, 0.6) is 5.75 Å². The minimum atomic E-state index is -3.98. The Morgan fingerprint density at radius 2 is 2.00 bits per heavy atom. The van der Waals surface area contributed by atoms with Crippen molar-refractivity contribution in [2.75, 3.05) is 31.7 Å². The van der Waals surface area contributed by atoms with Crippen molar-refractivity contribution < 1.29 is 27.8 Å². The first kappa shape index (κ1) is 29.5. The second-order valence-corrected chi connectivity index (χ2v) is 15.0. The van der Waals surface area contributed by atoms with E-state index in [1.807, 2.05) is 6.07 Å². The molecule has 4 aliphatic rings. The number of hydrogen-bond acceptors (Lipinski definition) is 7. The lowest BCUT2D eigenvalue weighted by Crippen LogP contribution is -2.49. The van der Waals surface area contributed by atoms with Crippen LogP contribution in [0.15, 0.2) is 48.6 Å². The van der Waals surface area contributed by atoms with Gasteiger partial charge in [0.2, 0.25) is 10.0 Å². The zero-order valence-electron chi connectivity index (χ0n) is 24.1. The second kappa shape index (κ2) is 11.5. The van der Waals surface area contributed by atoms with E-state index in [-0.39, 0.29) is 29.2 Å². The molecule has 2 aliphatic heterocycles. The molecule has 2 bridgehead atoms. The fraction of sp³-hybridized carbons (Fsp3) is 0.531. The summed E-state index contributed by atoms with van der Waals surface area (Å²) in [5, 5.41) is 11.0. The number of benzene rings is 2. The molecule has 2 heterocycles. The lowest BCUT2D eigenvalue weighted by Gasteiger charge is -2.45. The van der Waals surface area contributed by atoms with Gasteiger partial charge in [0.1, 0.15) is 5.75 Å². The molecule has 42 heavy (non-hydrogen) atoms. The molecule has 8 nitrogen and oxygen atoms in total. The molecule has 2 aromatic carbocycles. The summed E-state index contributed by atoms with van der Waals surface area (Å²) in [6, 6.07) is 11.3. The Bertz CT molecular complexity index is 1500. The number of nitrogens with one attached hydrogen (secondary N) is 1. The van der Waals surface area contributed by atoms with Gasteiger partial charge >= 0.3 is 0 Å². The van der Waals surface area contributed by atoms with E-state index in [1.54, 1.807) is 37.3 Å². The van der Waals surface area contributed by atoms with Crippen molar-refractivity contribution in [3.05, 3.63) is 70.3 Å². The summed E-state index contributed by atoms with van der Waals surface area (Å²) < 4.78 is 40.5. The number of sulfonamides is 1. The molecule has 6 atom stereocenters. The van der Waals surface area contributed by atoms with E-state index in [4.69, 9.17) is 21.1 Å². The lowest BCUT2D eigenvalue weighted by molar-refractivity contribution is 0.0444. The van der Waals surface area contributed by atoms with Crippen LogP contribution in [0.25, 0.3) is 0 Å². The van der Waals surface area contributed by atoms with Crippen molar-refractivity contribution in [3.8, 4) is 5.75 Å². The average molecular weight is 615 g/mol. The highest BCUT2D eigenvalue weighted by molar-refractivity contribution is 7.90. The van der Waals surface area contributed by atoms with Gasteiger partial charge in [-0.2, -0.15) is 0 Å². The molecule has 2 N–H and O–H groups in total. The summed E-state index contributed by atoms with van der Waals surface area (Å²) in [5.74, 6) is 0.308. The molecule has 1 spiro atoms. The van der Waals surface area contributed by atoms with E-state index in [0.717, 1.165) is 42.8 Å². The molecule has 6 rings (SSSR count). The third-order valence-corrected chi connectivity index (χ3v) is 11.8. The van der Waals surface area contributed by atoms with E-state index in [9.17, 15) is 18.3 Å². The van der Waals surface area contributed by atoms with Crippen molar-refractivity contribution in [2.45, 2.75) is 68.3 Å². The number of nitrogens with zero attached hydrogens (tertiary/aromatic N) is 1. The van der Waals surface area contributed by atoms with Gasteiger partial charge in [0.15, 0.2) is 0 Å². The number of rotatable bonds is 1. The minimum Gasteiger partial charge on any atom is -0.490 e. The maximum atomic E-state index is 13.3. The number of aryl methyl sites for hydroxylation is 1. The highest BCUT2D eigenvalue weighted by Gasteiger charge is 2.44. The number of carbonyl (C=O) groups excluding carboxylic acids is 1. The number of ether oxygens (including phenoxy) is 2. The Morgan fingerprint density at radius 1 is 1.17 bits per heavy atom. The predicted octanol–water partition coefficient (Wildman–Crippen LogP) is 4.62. The fourth-order valence-electron chi connectivity index (χ4n) is 7.19. The second-order valence-electron chi connectivity index (χ2n) is 12.5. The maximum Gasteiger partial charge on any atom is 0.264 e. The molecule has 10 heteroatoms. The number of anilines is 1. The number of hydrogen-bond donors (Lipinski definition) is 2. The average Bonchev–Trinajstić information content (AvgIpc) is 3.09. The van der Waals surface area contributed by atoms with Crippen molar-refractivity contribution >= 4 is 33.2 Å². The van der Waals surface area contributed by atoms with Crippen molar-refractivity contribution in [1.82, 2.24) is 4.72 Å². The topological polar surface area (TPSA) is 105 Å². The summed E-state index contributed by atoms with van der Waals surface area (Å²) in [6.45, 7) is 3.40. The zero-order chi connectivity index (χ0) is 29.6. The maximum absolute atomic E-state index is 13.3. The lowest BCUT2D eigenvalue weighted by atomic mass is 9.68. The van der Waals surface area contributed by atoms with Crippen molar-refractivity contribution in [1.29, 1.82) is 0 Å². The number of aliphatic hydroxyl groups excluding tert-OH is 1. The number of aliphatic hydroxyl groups is 1. The van der Waals surface area contributed by atoms with Crippen LogP contribution in [-0.2, 0) is 26.6 Å². The van der Waals surface area contributed by atoms with Gasteiger partial charge < -0.3 is 19.5 Å². The van der Waals surface area contributed by atoms with E-state index in [1.165, 1.54) is 18.2 Å². The molecule has 1 amide bonds. The SMILES string of the molecule is CO[C@@H]1/C=C/[C@H](O)[C@@H]2CC[C@H]2CN2C[C@@]3(CCCc4cc(Cl)ccc43)COc3ccc(cc32)C(=O)NS(=O)(=O)[C@@H](C)C1. The Morgan fingerprint density at radius 3 is 2.76 bits per heavy atom. The zero-order valence-corrected chi connectivity index (χ0v) is 25.7. The molecular weight excluding hydrogens is 576 g/mol. The number of fused-ring (bicyclic) bond motifs is 4. The Hall–Kier alpha value is -2.59. The van der Waals surface area contributed by atoms with Gasteiger partial charge in [-0.1, -0.05) is 29.8 Å².